The van der Waals surface area contributed by atoms with Crippen LogP contribution in [0.4, 0.5) is 5.95 Å². The Kier molecular flexibility index (Phi) is 3.43. The van der Waals surface area contributed by atoms with Crippen LogP contribution >= 0.6 is 0 Å². The van der Waals surface area contributed by atoms with Gasteiger partial charge in [-0.3, -0.25) is 4.79 Å². The smallest absolute Gasteiger partial charge is 0.308 e. The van der Waals surface area contributed by atoms with E-state index in [1.165, 1.54) is 7.11 Å². The summed E-state index contributed by atoms with van der Waals surface area (Å²) in [5.41, 5.74) is 1.11. The Balaban J connectivity index is 3.18. The number of carboxylic acids is 1. The lowest BCUT2D eigenvalue weighted by Crippen LogP contribution is -2.09. The molecule has 1 aromatic heterocycles. The number of carbonyl (C=O) groups is 1. The predicted octanol–water partition coefficient (Wildman–Crippen LogP) is 0.462. The Hall–Kier alpha value is -1.85. The lowest BCUT2D eigenvalue weighted by atomic mass is 10.1. The number of ether oxygens (including phenoxy) is 1. The Morgan fingerprint density at radius 2 is 2.20 bits per heavy atom. The van der Waals surface area contributed by atoms with Gasteiger partial charge in [0.2, 0.25) is 11.8 Å². The van der Waals surface area contributed by atoms with E-state index in [0.717, 1.165) is 0 Å². The van der Waals surface area contributed by atoms with Crippen LogP contribution in [0.5, 0.6) is 5.88 Å². The minimum Gasteiger partial charge on any atom is -0.481 e. The van der Waals surface area contributed by atoms with Gasteiger partial charge in [0.25, 0.3) is 0 Å². The summed E-state index contributed by atoms with van der Waals surface area (Å²) in [5, 5.41) is 11.5. The van der Waals surface area contributed by atoms with Crippen molar-refractivity contribution in [1.82, 2.24) is 9.97 Å². The number of hydrogen-bond acceptors (Lipinski definition) is 5. The van der Waals surface area contributed by atoms with Gasteiger partial charge in [-0.25, -0.2) is 4.98 Å². The van der Waals surface area contributed by atoms with Gasteiger partial charge >= 0.3 is 5.97 Å². The number of anilines is 1. The van der Waals surface area contributed by atoms with Crippen molar-refractivity contribution in [3.8, 4) is 5.88 Å². The van der Waals surface area contributed by atoms with Crippen molar-refractivity contribution in [1.29, 1.82) is 0 Å². The van der Waals surface area contributed by atoms with Crippen LogP contribution in [0.1, 0.15) is 11.3 Å². The van der Waals surface area contributed by atoms with Crippen molar-refractivity contribution in [2.45, 2.75) is 13.3 Å². The van der Waals surface area contributed by atoms with Crippen LogP contribution in [0, 0.1) is 6.92 Å². The molecular formula is C9H13N3O3. The first-order chi connectivity index (χ1) is 7.08. The summed E-state index contributed by atoms with van der Waals surface area (Å²) >= 11 is 0. The summed E-state index contributed by atoms with van der Waals surface area (Å²) in [4.78, 5) is 18.7. The van der Waals surface area contributed by atoms with Gasteiger partial charge in [-0.1, -0.05) is 0 Å². The number of aliphatic carboxylic acids is 1. The highest BCUT2D eigenvalue weighted by molar-refractivity contribution is 5.71. The molecule has 1 heterocycles. The lowest BCUT2D eigenvalue weighted by Gasteiger charge is -2.09. The van der Waals surface area contributed by atoms with Gasteiger partial charge < -0.3 is 15.2 Å². The number of nitrogens with one attached hydrogen (secondary N) is 1. The number of aromatic nitrogens is 2. The van der Waals surface area contributed by atoms with Gasteiger partial charge in [0.15, 0.2) is 0 Å². The summed E-state index contributed by atoms with van der Waals surface area (Å²) in [6, 6.07) is 0. The molecule has 1 aromatic rings. The zero-order chi connectivity index (χ0) is 11.4. The summed E-state index contributed by atoms with van der Waals surface area (Å²) in [7, 11) is 3.14. The molecule has 15 heavy (non-hydrogen) atoms. The highest BCUT2D eigenvalue weighted by Gasteiger charge is 2.14. The van der Waals surface area contributed by atoms with E-state index >= 15 is 0 Å². The molecule has 82 valence electrons. The molecule has 0 saturated heterocycles. The molecule has 0 unspecified atom stereocenters. The van der Waals surface area contributed by atoms with E-state index in [1.54, 1.807) is 14.0 Å². The largest absolute Gasteiger partial charge is 0.481 e. The fourth-order valence-corrected chi connectivity index (χ4v) is 1.21. The van der Waals surface area contributed by atoms with Gasteiger partial charge in [0, 0.05) is 12.6 Å². The maximum Gasteiger partial charge on any atom is 0.308 e. The molecule has 2 N–H and O–H groups in total. The quantitative estimate of drug-likeness (QED) is 0.752. The zero-order valence-corrected chi connectivity index (χ0v) is 8.87. The van der Waals surface area contributed by atoms with E-state index in [9.17, 15) is 4.79 Å². The number of methoxy groups -OCH3 is 1. The van der Waals surface area contributed by atoms with E-state index in [-0.39, 0.29) is 6.42 Å². The number of carboxylic acid groups (broad SMARTS) is 1. The van der Waals surface area contributed by atoms with Gasteiger partial charge in [-0.15, -0.1) is 0 Å². The Morgan fingerprint density at radius 3 is 2.67 bits per heavy atom. The Bertz CT molecular complexity index is 379. The van der Waals surface area contributed by atoms with Gasteiger partial charge in [-0.05, 0) is 6.92 Å². The van der Waals surface area contributed by atoms with Crippen LogP contribution in [0.2, 0.25) is 0 Å². The van der Waals surface area contributed by atoms with Crippen LogP contribution in [0.3, 0.4) is 0 Å². The predicted molar refractivity (Wildman–Crippen MR) is 54.2 cm³/mol. The van der Waals surface area contributed by atoms with E-state index in [1.807, 2.05) is 0 Å². The molecule has 0 aliphatic rings. The molecule has 0 atom stereocenters. The number of hydrogen-bond donors (Lipinski definition) is 2. The molecule has 1 rings (SSSR count). The van der Waals surface area contributed by atoms with Gasteiger partial charge in [-0.2, -0.15) is 4.98 Å². The maximum atomic E-state index is 10.6. The van der Waals surface area contributed by atoms with Gasteiger partial charge in [0.1, 0.15) is 0 Å². The fraction of sp³-hybridized carbons (Fsp3) is 0.444. The second-order valence-corrected chi connectivity index (χ2v) is 2.94. The minimum atomic E-state index is -0.933. The summed E-state index contributed by atoms with van der Waals surface area (Å²) in [5.74, 6) is -0.218. The standard InChI is InChI=1S/C9H13N3O3/c1-5-6(4-7(13)14)8(15-3)12-9(10-2)11-5/h4H2,1-3H3,(H,13,14)(H,10,11,12). The summed E-state index contributed by atoms with van der Waals surface area (Å²) in [6.07, 6.45) is -0.140. The normalized spacial score (nSPS) is 9.80. The SMILES string of the molecule is CNc1nc(C)c(CC(=O)O)c(OC)n1. The molecule has 0 aromatic carbocycles. The molecule has 0 saturated carbocycles. The average molecular weight is 211 g/mol. The van der Waals surface area contributed by atoms with Crippen molar-refractivity contribution < 1.29 is 14.6 Å². The Labute approximate surface area is 87.3 Å². The second-order valence-electron chi connectivity index (χ2n) is 2.94. The fourth-order valence-electron chi connectivity index (χ4n) is 1.21. The number of aryl methyl sites for hydroxylation is 1. The highest BCUT2D eigenvalue weighted by atomic mass is 16.5. The summed E-state index contributed by atoms with van der Waals surface area (Å²) < 4.78 is 5.02. The van der Waals surface area contributed by atoms with Crippen molar-refractivity contribution >= 4 is 11.9 Å². The highest BCUT2D eigenvalue weighted by Crippen LogP contribution is 2.20. The topological polar surface area (TPSA) is 84.3 Å². The molecule has 6 heteroatoms. The minimum absolute atomic E-state index is 0.140. The average Bonchev–Trinajstić information content (AvgIpc) is 2.20. The third kappa shape index (κ3) is 2.55. The van der Waals surface area contributed by atoms with E-state index in [2.05, 4.69) is 15.3 Å². The first-order valence-electron chi connectivity index (χ1n) is 4.39. The van der Waals surface area contributed by atoms with Crippen molar-refractivity contribution in [3.05, 3.63) is 11.3 Å². The molecule has 0 fully saturated rings. The van der Waals surface area contributed by atoms with Crippen molar-refractivity contribution in [2.24, 2.45) is 0 Å². The molecular weight excluding hydrogens is 198 g/mol. The van der Waals surface area contributed by atoms with Crippen LogP contribution < -0.4 is 10.1 Å². The first-order valence-corrected chi connectivity index (χ1v) is 4.39. The van der Waals surface area contributed by atoms with Crippen molar-refractivity contribution in [2.75, 3.05) is 19.5 Å². The second kappa shape index (κ2) is 4.59. The maximum absolute atomic E-state index is 10.6. The monoisotopic (exact) mass is 211 g/mol. The van der Waals surface area contributed by atoms with Crippen molar-refractivity contribution in [3.63, 3.8) is 0 Å². The van der Waals surface area contributed by atoms with Crippen LogP contribution in [-0.4, -0.2) is 35.2 Å². The third-order valence-electron chi connectivity index (χ3n) is 1.92. The van der Waals surface area contributed by atoms with E-state index in [0.29, 0.717) is 23.1 Å². The van der Waals surface area contributed by atoms with Crippen LogP contribution in [0.15, 0.2) is 0 Å². The zero-order valence-electron chi connectivity index (χ0n) is 8.87. The molecule has 0 bridgehead atoms. The first kappa shape index (κ1) is 11.2. The molecule has 0 radical (unpaired) electrons. The number of rotatable bonds is 4. The Morgan fingerprint density at radius 1 is 1.53 bits per heavy atom. The molecule has 0 amide bonds. The summed E-state index contributed by atoms with van der Waals surface area (Å²) in [6.45, 7) is 1.73. The molecule has 0 aliphatic carbocycles. The number of nitrogens with zero attached hydrogens (tertiary/aromatic N) is 2. The van der Waals surface area contributed by atoms with E-state index < -0.39 is 5.97 Å². The van der Waals surface area contributed by atoms with Gasteiger partial charge in [0.05, 0.1) is 19.2 Å². The third-order valence-corrected chi connectivity index (χ3v) is 1.92. The van der Waals surface area contributed by atoms with Crippen LogP contribution in [-0.2, 0) is 11.2 Å². The molecule has 0 spiro atoms. The van der Waals surface area contributed by atoms with Crippen LogP contribution in [0.25, 0.3) is 0 Å². The molecule has 6 nitrogen and oxygen atoms in total. The lowest BCUT2D eigenvalue weighted by molar-refractivity contribution is -0.136. The molecule has 0 aliphatic heterocycles. The van der Waals surface area contributed by atoms with E-state index in [4.69, 9.17) is 9.84 Å².